The van der Waals surface area contributed by atoms with Crippen LogP contribution in [0.15, 0.2) is 0 Å². The van der Waals surface area contributed by atoms with E-state index in [1.165, 1.54) is 0 Å². The Labute approximate surface area is 58.0 Å². The molecule has 1 unspecified atom stereocenters. The Morgan fingerprint density at radius 1 is 1.56 bits per heavy atom. The standard InChI is InChI=1S/C6H8O2S/c1-4-6(8)5(7)2-3-9-4/h4H,2-3H2,1H3. The molecular formula is C6H8O2S. The minimum absolute atomic E-state index is 0.0914. The monoisotopic (exact) mass is 144 g/mol. The third kappa shape index (κ3) is 1.33. The minimum Gasteiger partial charge on any atom is -0.291 e. The largest absolute Gasteiger partial charge is 0.291 e. The van der Waals surface area contributed by atoms with E-state index >= 15 is 0 Å². The SMILES string of the molecule is CC1SCCC(=O)C1=O. The first kappa shape index (κ1) is 6.81. The van der Waals surface area contributed by atoms with Crippen LogP contribution in [0.1, 0.15) is 13.3 Å². The molecule has 0 aromatic carbocycles. The Bertz CT molecular complexity index is 153. The maximum Gasteiger partial charge on any atom is 0.211 e. The summed E-state index contributed by atoms with van der Waals surface area (Å²) in [5.41, 5.74) is 0. The fourth-order valence-electron chi connectivity index (χ4n) is 0.754. The molecule has 0 spiro atoms. The highest BCUT2D eigenvalue weighted by Gasteiger charge is 2.25. The highest BCUT2D eigenvalue weighted by molar-refractivity contribution is 8.00. The lowest BCUT2D eigenvalue weighted by molar-refractivity contribution is -0.136. The minimum atomic E-state index is -0.203. The van der Waals surface area contributed by atoms with Crippen LogP contribution in [0.25, 0.3) is 0 Å². The Kier molecular flexibility index (Phi) is 1.90. The molecule has 9 heavy (non-hydrogen) atoms. The molecular weight excluding hydrogens is 136 g/mol. The van der Waals surface area contributed by atoms with E-state index in [1.807, 2.05) is 0 Å². The zero-order valence-electron chi connectivity index (χ0n) is 5.22. The number of carbonyl (C=O) groups excluding carboxylic acids is 2. The van der Waals surface area contributed by atoms with Crippen LogP contribution in [0.5, 0.6) is 0 Å². The number of carbonyl (C=O) groups is 2. The molecule has 1 fully saturated rings. The van der Waals surface area contributed by atoms with Gasteiger partial charge in [0.15, 0.2) is 5.78 Å². The van der Waals surface area contributed by atoms with Gasteiger partial charge in [0.2, 0.25) is 5.78 Å². The average Bonchev–Trinajstić information content (AvgIpc) is 1.83. The van der Waals surface area contributed by atoms with Crippen molar-refractivity contribution in [3.05, 3.63) is 0 Å². The van der Waals surface area contributed by atoms with Crippen molar-refractivity contribution in [2.24, 2.45) is 0 Å². The van der Waals surface area contributed by atoms with Crippen LogP contribution in [-0.4, -0.2) is 22.6 Å². The number of Topliss-reactive ketones (excluding diaryl/α,β-unsaturated/α-hetero) is 2. The zero-order valence-corrected chi connectivity index (χ0v) is 6.03. The average molecular weight is 144 g/mol. The lowest BCUT2D eigenvalue weighted by Crippen LogP contribution is -2.28. The van der Waals surface area contributed by atoms with E-state index in [2.05, 4.69) is 0 Å². The first-order chi connectivity index (χ1) is 4.22. The number of hydrogen-bond acceptors (Lipinski definition) is 3. The van der Waals surface area contributed by atoms with Gasteiger partial charge in [-0.2, -0.15) is 0 Å². The van der Waals surface area contributed by atoms with E-state index in [4.69, 9.17) is 0 Å². The van der Waals surface area contributed by atoms with Crippen LogP contribution in [-0.2, 0) is 9.59 Å². The summed E-state index contributed by atoms with van der Waals surface area (Å²) in [5.74, 6) is 0.415. The topological polar surface area (TPSA) is 34.1 Å². The van der Waals surface area contributed by atoms with Crippen LogP contribution >= 0.6 is 11.8 Å². The molecule has 0 bridgehead atoms. The van der Waals surface area contributed by atoms with E-state index in [0.29, 0.717) is 6.42 Å². The predicted molar refractivity (Wildman–Crippen MR) is 36.6 cm³/mol. The third-order valence-corrected chi connectivity index (χ3v) is 2.49. The molecule has 3 heteroatoms. The van der Waals surface area contributed by atoms with E-state index in [0.717, 1.165) is 5.75 Å². The first-order valence-electron chi connectivity index (χ1n) is 2.90. The summed E-state index contributed by atoms with van der Waals surface area (Å²) in [6.07, 6.45) is 0.438. The molecule has 1 rings (SSSR count). The number of rotatable bonds is 0. The molecule has 0 radical (unpaired) electrons. The molecule has 50 valence electrons. The third-order valence-electron chi connectivity index (χ3n) is 1.34. The van der Waals surface area contributed by atoms with Crippen LogP contribution in [0.3, 0.4) is 0 Å². The highest BCUT2D eigenvalue weighted by atomic mass is 32.2. The van der Waals surface area contributed by atoms with Crippen molar-refractivity contribution >= 4 is 23.3 Å². The second-order valence-corrected chi connectivity index (χ2v) is 3.50. The van der Waals surface area contributed by atoms with Gasteiger partial charge < -0.3 is 0 Å². The van der Waals surface area contributed by atoms with Gasteiger partial charge >= 0.3 is 0 Å². The van der Waals surface area contributed by atoms with Gasteiger partial charge in [-0.15, -0.1) is 11.8 Å². The second-order valence-electron chi connectivity index (χ2n) is 2.05. The summed E-state index contributed by atoms with van der Waals surface area (Å²) in [5, 5.41) is -0.0914. The molecule has 0 amide bonds. The van der Waals surface area contributed by atoms with Gasteiger partial charge in [0.05, 0.1) is 5.25 Å². The second kappa shape index (κ2) is 2.52. The van der Waals surface area contributed by atoms with Gasteiger partial charge in [-0.05, 0) is 6.92 Å². The van der Waals surface area contributed by atoms with Crippen molar-refractivity contribution in [3.63, 3.8) is 0 Å². The van der Waals surface area contributed by atoms with Gasteiger partial charge in [0, 0.05) is 12.2 Å². The molecule has 0 N–H and O–H groups in total. The molecule has 2 nitrogen and oxygen atoms in total. The number of hydrogen-bond donors (Lipinski definition) is 0. The molecule has 1 aliphatic heterocycles. The van der Waals surface area contributed by atoms with Crippen molar-refractivity contribution < 1.29 is 9.59 Å². The fraction of sp³-hybridized carbons (Fsp3) is 0.667. The van der Waals surface area contributed by atoms with Crippen LogP contribution in [0.4, 0.5) is 0 Å². The van der Waals surface area contributed by atoms with Gasteiger partial charge in [0.1, 0.15) is 0 Å². The van der Waals surface area contributed by atoms with Gasteiger partial charge in [0.25, 0.3) is 0 Å². The molecule has 0 aliphatic carbocycles. The maximum atomic E-state index is 10.8. The normalized spacial score (nSPS) is 28.8. The summed E-state index contributed by atoms with van der Waals surface area (Å²) in [7, 11) is 0. The smallest absolute Gasteiger partial charge is 0.211 e. The van der Waals surface area contributed by atoms with Crippen molar-refractivity contribution in [3.8, 4) is 0 Å². The van der Waals surface area contributed by atoms with E-state index in [1.54, 1.807) is 18.7 Å². The molecule has 0 saturated carbocycles. The maximum absolute atomic E-state index is 10.8. The summed E-state index contributed by atoms with van der Waals surface area (Å²) >= 11 is 1.56. The Morgan fingerprint density at radius 3 is 2.67 bits per heavy atom. The summed E-state index contributed by atoms with van der Waals surface area (Å²) in [6, 6.07) is 0. The highest BCUT2D eigenvalue weighted by Crippen LogP contribution is 2.18. The zero-order chi connectivity index (χ0) is 6.85. The molecule has 0 aromatic heterocycles. The van der Waals surface area contributed by atoms with Crippen LogP contribution in [0.2, 0.25) is 0 Å². The van der Waals surface area contributed by atoms with Crippen molar-refractivity contribution in [1.82, 2.24) is 0 Å². The molecule has 0 aromatic rings. The van der Waals surface area contributed by atoms with E-state index < -0.39 is 0 Å². The Morgan fingerprint density at radius 2 is 2.22 bits per heavy atom. The molecule has 1 saturated heterocycles. The van der Waals surface area contributed by atoms with Gasteiger partial charge in [-0.25, -0.2) is 0 Å². The fourth-order valence-corrected chi connectivity index (χ4v) is 1.69. The van der Waals surface area contributed by atoms with Crippen molar-refractivity contribution in [2.45, 2.75) is 18.6 Å². The van der Waals surface area contributed by atoms with E-state index in [9.17, 15) is 9.59 Å². The van der Waals surface area contributed by atoms with Crippen molar-refractivity contribution in [1.29, 1.82) is 0 Å². The van der Waals surface area contributed by atoms with Crippen molar-refractivity contribution in [2.75, 3.05) is 5.75 Å². The van der Waals surface area contributed by atoms with Gasteiger partial charge in [-0.1, -0.05) is 0 Å². The molecule has 1 aliphatic rings. The predicted octanol–water partition coefficient (Wildman–Crippen LogP) is 0.650. The lowest BCUT2D eigenvalue weighted by Gasteiger charge is -2.13. The molecule has 1 atom stereocenters. The number of thioether (sulfide) groups is 1. The van der Waals surface area contributed by atoms with Crippen LogP contribution in [0, 0.1) is 0 Å². The van der Waals surface area contributed by atoms with Gasteiger partial charge in [-0.3, -0.25) is 9.59 Å². The summed E-state index contributed by atoms with van der Waals surface area (Å²) < 4.78 is 0. The summed E-state index contributed by atoms with van der Waals surface area (Å²) in [6.45, 7) is 1.78. The Hall–Kier alpha value is -0.310. The lowest BCUT2D eigenvalue weighted by atomic mass is 10.1. The molecule has 1 heterocycles. The van der Waals surface area contributed by atoms with E-state index in [-0.39, 0.29) is 16.8 Å². The Balaban J connectivity index is 2.62. The first-order valence-corrected chi connectivity index (χ1v) is 3.95. The number of ketones is 2. The summed E-state index contributed by atoms with van der Waals surface area (Å²) in [4.78, 5) is 21.4. The quantitative estimate of drug-likeness (QED) is 0.468. The van der Waals surface area contributed by atoms with Crippen LogP contribution < -0.4 is 0 Å².